The summed E-state index contributed by atoms with van der Waals surface area (Å²) in [5.41, 5.74) is -0.0237. The number of imidazole rings is 1. The molecule has 0 aliphatic rings. The van der Waals surface area contributed by atoms with Gasteiger partial charge >= 0.3 is 5.97 Å². The van der Waals surface area contributed by atoms with Gasteiger partial charge in [0.25, 0.3) is 5.78 Å². The standard InChI is InChI=1S/C7H8N2O3/c1-2-9-3-5(8-4-9)6(10)7(11)12/h3-4H,2H2,1H3,(H,11,12). The van der Waals surface area contributed by atoms with Crippen molar-refractivity contribution in [2.24, 2.45) is 0 Å². The molecule has 5 heteroatoms. The van der Waals surface area contributed by atoms with Gasteiger partial charge in [0.1, 0.15) is 5.69 Å². The molecule has 0 aromatic carbocycles. The van der Waals surface area contributed by atoms with E-state index in [1.165, 1.54) is 12.5 Å². The molecule has 1 heterocycles. The van der Waals surface area contributed by atoms with Crippen LogP contribution in [0.15, 0.2) is 12.5 Å². The van der Waals surface area contributed by atoms with Crippen LogP contribution in [0.5, 0.6) is 0 Å². The highest BCUT2D eigenvalue weighted by molar-refractivity contribution is 6.39. The first-order chi connectivity index (χ1) is 5.65. The highest BCUT2D eigenvalue weighted by atomic mass is 16.4. The van der Waals surface area contributed by atoms with E-state index in [-0.39, 0.29) is 5.69 Å². The lowest BCUT2D eigenvalue weighted by molar-refractivity contribution is -0.131. The summed E-state index contributed by atoms with van der Waals surface area (Å²) in [5, 5.41) is 8.32. The van der Waals surface area contributed by atoms with Crippen LogP contribution in [0.25, 0.3) is 0 Å². The highest BCUT2D eigenvalue weighted by Gasteiger charge is 2.16. The van der Waals surface area contributed by atoms with Gasteiger partial charge < -0.3 is 9.67 Å². The Labute approximate surface area is 68.6 Å². The number of carbonyl (C=O) groups is 2. The minimum atomic E-state index is -1.48. The van der Waals surface area contributed by atoms with Gasteiger partial charge in [-0.2, -0.15) is 0 Å². The Hall–Kier alpha value is -1.65. The van der Waals surface area contributed by atoms with Crippen molar-refractivity contribution in [2.45, 2.75) is 13.5 Å². The van der Waals surface area contributed by atoms with Crippen molar-refractivity contribution >= 4 is 11.8 Å². The third kappa shape index (κ3) is 1.50. The molecule has 0 atom stereocenters. The molecule has 0 saturated heterocycles. The zero-order valence-corrected chi connectivity index (χ0v) is 6.52. The summed E-state index contributed by atoms with van der Waals surface area (Å²) in [4.78, 5) is 24.6. The summed E-state index contributed by atoms with van der Waals surface area (Å²) in [7, 11) is 0. The molecule has 1 N–H and O–H groups in total. The summed E-state index contributed by atoms with van der Waals surface area (Å²) in [6, 6.07) is 0. The Morgan fingerprint density at radius 1 is 1.67 bits per heavy atom. The van der Waals surface area contributed by atoms with E-state index in [2.05, 4.69) is 4.98 Å². The van der Waals surface area contributed by atoms with Crippen LogP contribution in [0.1, 0.15) is 17.4 Å². The lowest BCUT2D eigenvalue weighted by atomic mass is 10.3. The van der Waals surface area contributed by atoms with Crippen LogP contribution < -0.4 is 0 Å². The number of hydrogen-bond acceptors (Lipinski definition) is 3. The van der Waals surface area contributed by atoms with Crippen molar-refractivity contribution in [3.05, 3.63) is 18.2 Å². The second-order valence-corrected chi connectivity index (χ2v) is 2.22. The average molecular weight is 168 g/mol. The van der Waals surface area contributed by atoms with Crippen molar-refractivity contribution in [2.75, 3.05) is 0 Å². The van der Waals surface area contributed by atoms with Crippen LogP contribution >= 0.6 is 0 Å². The molecule has 0 unspecified atom stereocenters. The molecular weight excluding hydrogens is 160 g/mol. The molecule has 0 amide bonds. The van der Waals surface area contributed by atoms with E-state index in [0.717, 1.165) is 0 Å². The summed E-state index contributed by atoms with van der Waals surface area (Å²) in [5.74, 6) is -2.45. The minimum Gasteiger partial charge on any atom is -0.475 e. The third-order valence-electron chi connectivity index (χ3n) is 1.43. The molecule has 5 nitrogen and oxygen atoms in total. The monoisotopic (exact) mass is 168 g/mol. The molecule has 1 aromatic rings. The van der Waals surface area contributed by atoms with Gasteiger partial charge in [0.2, 0.25) is 0 Å². The van der Waals surface area contributed by atoms with Crippen LogP contribution in [0.2, 0.25) is 0 Å². The van der Waals surface area contributed by atoms with Crippen LogP contribution in [-0.4, -0.2) is 26.4 Å². The molecule has 0 fully saturated rings. The van der Waals surface area contributed by atoms with Crippen LogP contribution in [0.4, 0.5) is 0 Å². The lowest BCUT2D eigenvalue weighted by Gasteiger charge is -1.90. The second-order valence-electron chi connectivity index (χ2n) is 2.22. The Balaban J connectivity index is 2.89. The third-order valence-corrected chi connectivity index (χ3v) is 1.43. The maximum Gasteiger partial charge on any atom is 0.378 e. The molecule has 0 radical (unpaired) electrons. The van der Waals surface area contributed by atoms with Crippen LogP contribution in [0, 0.1) is 0 Å². The number of Topliss-reactive ketones (excluding diaryl/α,β-unsaturated/α-hetero) is 1. The number of aromatic nitrogens is 2. The zero-order valence-electron chi connectivity index (χ0n) is 6.52. The number of aliphatic carboxylic acids is 1. The van der Waals surface area contributed by atoms with Crippen LogP contribution in [0.3, 0.4) is 0 Å². The van der Waals surface area contributed by atoms with Gasteiger partial charge in [-0.05, 0) is 6.92 Å². The summed E-state index contributed by atoms with van der Waals surface area (Å²) in [6.07, 6.45) is 2.84. The highest BCUT2D eigenvalue weighted by Crippen LogP contribution is 1.97. The molecule has 0 bridgehead atoms. The number of carbonyl (C=O) groups excluding carboxylic acids is 1. The summed E-state index contributed by atoms with van der Waals surface area (Å²) < 4.78 is 1.64. The summed E-state index contributed by atoms with van der Waals surface area (Å²) in [6.45, 7) is 2.54. The number of aryl methyl sites for hydroxylation is 1. The minimum absolute atomic E-state index is 0.0237. The molecule has 0 saturated carbocycles. The molecule has 0 spiro atoms. The number of nitrogens with zero attached hydrogens (tertiary/aromatic N) is 2. The lowest BCUT2D eigenvalue weighted by Crippen LogP contribution is -2.12. The largest absolute Gasteiger partial charge is 0.475 e. The van der Waals surface area contributed by atoms with Crippen LogP contribution in [-0.2, 0) is 11.3 Å². The quantitative estimate of drug-likeness (QED) is 0.515. The van der Waals surface area contributed by atoms with E-state index >= 15 is 0 Å². The molecule has 64 valence electrons. The van der Waals surface area contributed by atoms with E-state index < -0.39 is 11.8 Å². The van der Waals surface area contributed by atoms with E-state index in [1.807, 2.05) is 6.92 Å². The molecule has 1 aromatic heterocycles. The maximum atomic E-state index is 10.8. The van der Waals surface area contributed by atoms with Gasteiger partial charge in [-0.1, -0.05) is 0 Å². The molecule has 0 aliphatic heterocycles. The maximum absolute atomic E-state index is 10.8. The normalized spacial score (nSPS) is 9.75. The fourth-order valence-corrected chi connectivity index (χ4v) is 0.760. The fourth-order valence-electron chi connectivity index (χ4n) is 0.760. The van der Waals surface area contributed by atoms with Gasteiger partial charge in [0.05, 0.1) is 6.33 Å². The van der Waals surface area contributed by atoms with Crippen molar-refractivity contribution in [1.29, 1.82) is 0 Å². The first kappa shape index (κ1) is 8.45. The molecular formula is C7H8N2O3. The number of carboxylic acid groups (broad SMARTS) is 1. The second kappa shape index (κ2) is 3.17. The number of rotatable bonds is 3. The van der Waals surface area contributed by atoms with Crippen molar-refractivity contribution in [1.82, 2.24) is 9.55 Å². The SMILES string of the molecule is CCn1cnc(C(=O)C(=O)O)c1. The van der Waals surface area contributed by atoms with Crippen molar-refractivity contribution in [3.63, 3.8) is 0 Å². The van der Waals surface area contributed by atoms with Crippen molar-refractivity contribution < 1.29 is 14.7 Å². The zero-order chi connectivity index (χ0) is 9.14. The topological polar surface area (TPSA) is 72.2 Å². The van der Waals surface area contributed by atoms with Gasteiger partial charge in [-0.25, -0.2) is 9.78 Å². The number of ketones is 1. The molecule has 1 rings (SSSR count). The average Bonchev–Trinajstić information content (AvgIpc) is 2.50. The Morgan fingerprint density at radius 3 is 2.75 bits per heavy atom. The Morgan fingerprint density at radius 2 is 2.33 bits per heavy atom. The Kier molecular flexibility index (Phi) is 2.23. The fraction of sp³-hybridized carbons (Fsp3) is 0.286. The number of carboxylic acids is 1. The van der Waals surface area contributed by atoms with E-state index in [4.69, 9.17) is 5.11 Å². The van der Waals surface area contributed by atoms with E-state index in [0.29, 0.717) is 6.54 Å². The first-order valence-corrected chi connectivity index (χ1v) is 3.44. The van der Waals surface area contributed by atoms with Gasteiger partial charge in [0.15, 0.2) is 0 Å². The van der Waals surface area contributed by atoms with E-state index in [9.17, 15) is 9.59 Å². The predicted octanol–water partition coefficient (Wildman–Crippen LogP) is 0.170. The molecule has 0 aliphatic carbocycles. The Bertz CT molecular complexity index is 316. The predicted molar refractivity (Wildman–Crippen MR) is 39.9 cm³/mol. The summed E-state index contributed by atoms with van der Waals surface area (Å²) >= 11 is 0. The smallest absolute Gasteiger partial charge is 0.378 e. The number of hydrogen-bond donors (Lipinski definition) is 1. The van der Waals surface area contributed by atoms with Gasteiger partial charge in [-0.15, -0.1) is 0 Å². The van der Waals surface area contributed by atoms with Gasteiger partial charge in [-0.3, -0.25) is 4.79 Å². The molecule has 12 heavy (non-hydrogen) atoms. The van der Waals surface area contributed by atoms with E-state index in [1.54, 1.807) is 4.57 Å². The first-order valence-electron chi connectivity index (χ1n) is 3.44. The van der Waals surface area contributed by atoms with Gasteiger partial charge in [0, 0.05) is 12.7 Å². The van der Waals surface area contributed by atoms with Crippen molar-refractivity contribution in [3.8, 4) is 0 Å².